The standard InChI is InChI=1S/C11H12OS6/c1-5-6(2)16-10(15-5)11-17-8-9(18-11)14-4-7(12)3-13-8/h7,12H,3-4H2,1-2H3. The van der Waals surface area contributed by atoms with E-state index in [1.54, 1.807) is 0 Å². The van der Waals surface area contributed by atoms with Gasteiger partial charge in [-0.15, -0.1) is 23.5 Å². The summed E-state index contributed by atoms with van der Waals surface area (Å²) < 4.78 is 5.66. The van der Waals surface area contributed by atoms with Gasteiger partial charge in [0.05, 0.1) is 23.1 Å². The summed E-state index contributed by atoms with van der Waals surface area (Å²) in [7, 11) is 0. The van der Waals surface area contributed by atoms with E-state index in [-0.39, 0.29) is 6.10 Å². The molecule has 0 saturated carbocycles. The highest BCUT2D eigenvalue weighted by Crippen LogP contribution is 2.64. The monoisotopic (exact) mass is 352 g/mol. The molecule has 3 aliphatic rings. The molecule has 18 heavy (non-hydrogen) atoms. The van der Waals surface area contributed by atoms with E-state index in [0.717, 1.165) is 11.5 Å². The van der Waals surface area contributed by atoms with Crippen LogP contribution in [0.4, 0.5) is 0 Å². The molecule has 1 N–H and O–H groups in total. The third-order valence-corrected chi connectivity index (χ3v) is 11.5. The Hall–Kier alpha value is 1.28. The van der Waals surface area contributed by atoms with E-state index in [0.29, 0.717) is 0 Å². The van der Waals surface area contributed by atoms with Gasteiger partial charge in [-0.2, -0.15) is 0 Å². The van der Waals surface area contributed by atoms with Gasteiger partial charge in [-0.3, -0.25) is 0 Å². The van der Waals surface area contributed by atoms with E-state index in [2.05, 4.69) is 13.8 Å². The van der Waals surface area contributed by atoms with Gasteiger partial charge in [0, 0.05) is 11.5 Å². The lowest BCUT2D eigenvalue weighted by Gasteiger charge is -2.07. The van der Waals surface area contributed by atoms with Crippen molar-refractivity contribution >= 4 is 70.6 Å². The molecule has 0 aromatic heterocycles. The minimum Gasteiger partial charge on any atom is -0.391 e. The van der Waals surface area contributed by atoms with Gasteiger partial charge in [-0.1, -0.05) is 47.0 Å². The predicted molar refractivity (Wildman–Crippen MR) is 93.7 cm³/mol. The average Bonchev–Trinajstić information content (AvgIpc) is 2.84. The van der Waals surface area contributed by atoms with Crippen LogP contribution < -0.4 is 0 Å². The Labute approximate surface area is 133 Å². The minimum atomic E-state index is -0.163. The number of hydrogen-bond acceptors (Lipinski definition) is 7. The van der Waals surface area contributed by atoms with Crippen LogP contribution in [0, 0.1) is 0 Å². The van der Waals surface area contributed by atoms with E-state index >= 15 is 0 Å². The molecule has 7 heteroatoms. The van der Waals surface area contributed by atoms with Crippen LogP contribution >= 0.6 is 70.6 Å². The highest BCUT2D eigenvalue weighted by molar-refractivity contribution is 8.42. The van der Waals surface area contributed by atoms with Gasteiger partial charge in [-0.05, 0) is 23.7 Å². The van der Waals surface area contributed by atoms with Gasteiger partial charge in [0.25, 0.3) is 0 Å². The first kappa shape index (κ1) is 14.2. The molecule has 0 unspecified atom stereocenters. The maximum Gasteiger partial charge on any atom is 0.0728 e. The van der Waals surface area contributed by atoms with Gasteiger partial charge < -0.3 is 5.11 Å². The van der Waals surface area contributed by atoms with Crippen LogP contribution in [0.2, 0.25) is 0 Å². The summed E-state index contributed by atoms with van der Waals surface area (Å²) in [6.45, 7) is 4.39. The maximum atomic E-state index is 9.68. The zero-order valence-corrected chi connectivity index (χ0v) is 14.8. The molecule has 0 aromatic carbocycles. The molecule has 0 saturated heterocycles. The molecule has 0 aliphatic carbocycles. The lowest BCUT2D eigenvalue weighted by atomic mass is 10.5. The summed E-state index contributed by atoms with van der Waals surface area (Å²) in [5.41, 5.74) is 0. The van der Waals surface area contributed by atoms with Gasteiger partial charge in [0.1, 0.15) is 0 Å². The third kappa shape index (κ3) is 2.97. The summed E-state index contributed by atoms with van der Waals surface area (Å²) in [6.07, 6.45) is -0.163. The molecule has 0 aromatic rings. The Kier molecular flexibility index (Phi) is 4.71. The Morgan fingerprint density at radius 2 is 1.22 bits per heavy atom. The molecule has 0 radical (unpaired) electrons. The van der Waals surface area contributed by atoms with Crippen molar-refractivity contribution in [2.75, 3.05) is 11.5 Å². The topological polar surface area (TPSA) is 20.2 Å². The van der Waals surface area contributed by atoms with Gasteiger partial charge in [0.15, 0.2) is 0 Å². The van der Waals surface area contributed by atoms with Crippen molar-refractivity contribution in [3.05, 3.63) is 26.8 Å². The number of thioether (sulfide) groups is 6. The zero-order chi connectivity index (χ0) is 12.7. The highest BCUT2D eigenvalue weighted by Gasteiger charge is 2.30. The normalized spacial score (nSPS) is 26.2. The molecule has 0 bridgehead atoms. The van der Waals surface area contributed by atoms with Crippen LogP contribution in [0.3, 0.4) is 0 Å². The zero-order valence-electron chi connectivity index (χ0n) is 9.89. The van der Waals surface area contributed by atoms with E-state index in [1.165, 1.54) is 26.8 Å². The second kappa shape index (κ2) is 5.95. The Morgan fingerprint density at radius 3 is 1.72 bits per heavy atom. The van der Waals surface area contributed by atoms with Crippen molar-refractivity contribution in [3.8, 4) is 0 Å². The lowest BCUT2D eigenvalue weighted by molar-refractivity contribution is 0.225. The van der Waals surface area contributed by atoms with Crippen molar-refractivity contribution in [2.24, 2.45) is 0 Å². The number of hydrogen-bond donors (Lipinski definition) is 1. The fraction of sp³-hybridized carbons (Fsp3) is 0.455. The fourth-order valence-electron chi connectivity index (χ4n) is 1.45. The highest BCUT2D eigenvalue weighted by atomic mass is 32.3. The lowest BCUT2D eigenvalue weighted by Crippen LogP contribution is -2.11. The van der Waals surface area contributed by atoms with E-state index in [9.17, 15) is 5.11 Å². The molecular formula is C11H12OS6. The van der Waals surface area contributed by atoms with Crippen molar-refractivity contribution < 1.29 is 5.11 Å². The van der Waals surface area contributed by atoms with Crippen molar-refractivity contribution in [1.29, 1.82) is 0 Å². The Morgan fingerprint density at radius 1 is 0.778 bits per heavy atom. The first-order valence-electron chi connectivity index (χ1n) is 5.44. The smallest absolute Gasteiger partial charge is 0.0728 e. The van der Waals surface area contributed by atoms with Crippen LogP contribution in [-0.4, -0.2) is 22.7 Å². The second-order valence-corrected chi connectivity index (χ2v) is 11.5. The largest absolute Gasteiger partial charge is 0.391 e. The summed E-state index contributed by atoms with van der Waals surface area (Å²) in [6, 6.07) is 0. The van der Waals surface area contributed by atoms with Crippen molar-refractivity contribution in [1.82, 2.24) is 0 Å². The molecule has 3 rings (SSSR count). The SMILES string of the molecule is CC1=C(C)SC(=C2SC3=C(SCC(O)CS3)S2)S1. The van der Waals surface area contributed by atoms with Crippen LogP contribution in [0.25, 0.3) is 0 Å². The van der Waals surface area contributed by atoms with E-state index in [4.69, 9.17) is 0 Å². The van der Waals surface area contributed by atoms with Crippen LogP contribution in [-0.2, 0) is 0 Å². The van der Waals surface area contributed by atoms with Crippen molar-refractivity contribution in [2.45, 2.75) is 20.0 Å². The molecule has 0 amide bonds. The molecular weight excluding hydrogens is 341 g/mol. The van der Waals surface area contributed by atoms with E-state index in [1.807, 2.05) is 70.6 Å². The Bertz CT molecular complexity index is 440. The molecule has 3 aliphatic heterocycles. The fourth-order valence-corrected chi connectivity index (χ4v) is 10.2. The number of allylic oxidation sites excluding steroid dienone is 2. The van der Waals surface area contributed by atoms with Gasteiger partial charge in [-0.25, -0.2) is 0 Å². The first-order chi connectivity index (χ1) is 8.63. The van der Waals surface area contributed by atoms with E-state index < -0.39 is 0 Å². The molecule has 3 heterocycles. The number of aliphatic hydroxyl groups excluding tert-OH is 1. The third-order valence-electron chi connectivity index (χ3n) is 2.51. The average molecular weight is 353 g/mol. The number of rotatable bonds is 0. The predicted octanol–water partition coefficient (Wildman–Crippen LogP) is 5.29. The van der Waals surface area contributed by atoms with Gasteiger partial charge >= 0.3 is 0 Å². The number of aliphatic hydroxyl groups is 1. The van der Waals surface area contributed by atoms with Gasteiger partial charge in [0.2, 0.25) is 0 Å². The summed E-state index contributed by atoms with van der Waals surface area (Å²) >= 11 is 11.2. The molecule has 0 spiro atoms. The first-order valence-corrected chi connectivity index (χ1v) is 10.7. The molecule has 1 nitrogen and oxygen atoms in total. The summed E-state index contributed by atoms with van der Waals surface area (Å²) in [5.74, 6) is 1.66. The summed E-state index contributed by atoms with van der Waals surface area (Å²) in [5, 5.41) is 9.68. The minimum absolute atomic E-state index is 0.163. The maximum absolute atomic E-state index is 9.68. The quantitative estimate of drug-likeness (QED) is 0.630. The second-order valence-electron chi connectivity index (χ2n) is 3.95. The Balaban J connectivity index is 1.74. The molecule has 98 valence electrons. The molecule has 0 atom stereocenters. The van der Waals surface area contributed by atoms with Crippen molar-refractivity contribution in [3.63, 3.8) is 0 Å². The van der Waals surface area contributed by atoms with Crippen LogP contribution in [0.1, 0.15) is 13.8 Å². The molecule has 0 fully saturated rings. The summed E-state index contributed by atoms with van der Waals surface area (Å²) in [4.78, 5) is 2.86. The van der Waals surface area contributed by atoms with Crippen LogP contribution in [0.5, 0.6) is 0 Å². The van der Waals surface area contributed by atoms with Crippen LogP contribution in [0.15, 0.2) is 26.8 Å².